The zero-order valence-electron chi connectivity index (χ0n) is 11.5. The minimum atomic E-state index is -5.44. The molecule has 0 unspecified atom stereocenters. The molecule has 0 amide bonds. The van der Waals surface area contributed by atoms with Crippen LogP contribution in [0.3, 0.4) is 0 Å². The lowest BCUT2D eigenvalue weighted by atomic mass is 9.71. The van der Waals surface area contributed by atoms with Gasteiger partial charge in [-0.3, -0.25) is 0 Å². The van der Waals surface area contributed by atoms with E-state index in [1.165, 1.54) is 13.8 Å². The molecule has 3 nitrogen and oxygen atoms in total. The van der Waals surface area contributed by atoms with E-state index in [1.54, 1.807) is 0 Å². The second-order valence-corrected chi connectivity index (χ2v) is 5.48. The van der Waals surface area contributed by atoms with Gasteiger partial charge in [-0.1, -0.05) is 14.9 Å². The maximum absolute atomic E-state index is 13.2. The summed E-state index contributed by atoms with van der Waals surface area (Å²) >= 11 is 0. The van der Waals surface area contributed by atoms with Gasteiger partial charge in [0.15, 0.2) is 0 Å². The Balaban J connectivity index is 3.81. The van der Waals surface area contributed by atoms with Crippen molar-refractivity contribution in [2.45, 2.75) is 27.2 Å². The van der Waals surface area contributed by atoms with E-state index in [4.69, 9.17) is 6.42 Å². The first-order chi connectivity index (χ1) is 9.40. The van der Waals surface area contributed by atoms with E-state index < -0.39 is 34.3 Å². The monoisotopic (exact) mass is 323 g/mol. The number of rotatable bonds is 4. The molecule has 0 radical (unpaired) electrons. The summed E-state index contributed by atoms with van der Waals surface area (Å²) in [5.41, 5.74) is -1.40. The van der Waals surface area contributed by atoms with Gasteiger partial charge in [0.25, 0.3) is 0 Å². The number of hydrogen-bond acceptors (Lipinski definition) is 3. The van der Waals surface area contributed by atoms with Gasteiger partial charge in [-0.25, -0.2) is 0 Å². The van der Waals surface area contributed by atoms with Crippen LogP contribution in [0.5, 0.6) is 5.75 Å². The zero-order chi connectivity index (χ0) is 16.6. The molecule has 0 aliphatic rings. The summed E-state index contributed by atoms with van der Waals surface area (Å²) in [5.74, 6) is 1.53. The van der Waals surface area contributed by atoms with Crippen molar-refractivity contribution in [3.05, 3.63) is 22.3 Å². The minimum Gasteiger partial charge on any atom is -0.445 e. The molecule has 1 aromatic rings. The second-order valence-electron chi connectivity index (χ2n) is 4.53. The lowest BCUT2D eigenvalue weighted by molar-refractivity contribution is 0.436. The van der Waals surface area contributed by atoms with E-state index >= 15 is 0 Å². The molecular weight excluding hydrogens is 311 g/mol. The van der Waals surface area contributed by atoms with Crippen LogP contribution in [0.15, 0.2) is 0 Å². The van der Waals surface area contributed by atoms with Crippen molar-refractivity contribution in [1.82, 2.24) is 0 Å². The normalized spacial score (nSPS) is 12.1. The molecule has 0 N–H and O–H groups in total. The molecule has 1 rings (SSSR count). The predicted octanol–water partition coefficient (Wildman–Crippen LogP) is 2.44. The average molecular weight is 323 g/mol. The van der Waals surface area contributed by atoms with Gasteiger partial charge < -0.3 is 17.1 Å². The van der Waals surface area contributed by atoms with Crippen LogP contribution < -0.4 is 9.65 Å². The number of benzene rings is 1. The Kier molecular flexibility index (Phi) is 4.63. The maximum Gasteiger partial charge on any atom is 0.510 e. The average Bonchev–Trinajstić information content (AvgIpc) is 2.27. The molecule has 0 fully saturated rings. The first-order valence-electron chi connectivity index (χ1n) is 5.80. The third kappa shape index (κ3) is 3.70. The first-order valence-corrected chi connectivity index (χ1v) is 7.11. The highest BCUT2D eigenvalue weighted by atomic mass is 32.3. The summed E-state index contributed by atoms with van der Waals surface area (Å²) in [5, 5.41) is 0. The van der Waals surface area contributed by atoms with Crippen molar-refractivity contribution in [2.24, 2.45) is 0 Å². The molecule has 0 saturated heterocycles. The molecular formula is C12H12BF4O3S-. The molecule has 0 aliphatic carbocycles. The summed E-state index contributed by atoms with van der Waals surface area (Å²) in [7, 11) is -5.44. The van der Waals surface area contributed by atoms with Gasteiger partial charge >= 0.3 is 17.5 Å². The zero-order valence-corrected chi connectivity index (χ0v) is 12.3. The topological polar surface area (TPSA) is 43.4 Å². The van der Waals surface area contributed by atoms with Crippen molar-refractivity contribution in [3.8, 4) is 18.1 Å². The molecule has 0 heterocycles. The Bertz CT molecular complexity index is 718. The van der Waals surface area contributed by atoms with Gasteiger partial charge in [0.1, 0.15) is 5.75 Å². The predicted molar refractivity (Wildman–Crippen MR) is 72.6 cm³/mol. The van der Waals surface area contributed by atoms with Crippen LogP contribution in [0, 0.1) is 33.1 Å². The molecule has 0 saturated carbocycles. The molecule has 9 heteroatoms. The fourth-order valence-electron chi connectivity index (χ4n) is 2.35. The van der Waals surface area contributed by atoms with Crippen LogP contribution >= 0.6 is 0 Å². The number of halogens is 4. The summed E-state index contributed by atoms with van der Waals surface area (Å²) in [6.07, 6.45) is 4.96. The van der Waals surface area contributed by atoms with Crippen molar-refractivity contribution in [1.29, 1.82) is 0 Å². The molecule has 1 aromatic carbocycles. The SMILES string of the molecule is C#CCc1c(C)c(OS(=O)(=O)F)c(C)c([B-](F)(F)F)c1C. The Labute approximate surface area is 120 Å². The van der Waals surface area contributed by atoms with E-state index in [0.717, 1.165) is 6.92 Å². The smallest absolute Gasteiger partial charge is 0.445 e. The second kappa shape index (κ2) is 5.60. The van der Waals surface area contributed by atoms with Crippen LogP contribution in [0.2, 0.25) is 0 Å². The third-order valence-corrected chi connectivity index (χ3v) is 3.55. The van der Waals surface area contributed by atoms with E-state index in [0.29, 0.717) is 0 Å². The highest BCUT2D eigenvalue weighted by molar-refractivity contribution is 7.81. The van der Waals surface area contributed by atoms with Crippen LogP contribution in [-0.2, 0) is 16.9 Å². The molecule has 0 atom stereocenters. The lowest BCUT2D eigenvalue weighted by Gasteiger charge is -2.26. The summed E-state index contributed by atoms with van der Waals surface area (Å²) < 4.78 is 77.6. The third-order valence-electron chi connectivity index (χ3n) is 3.18. The van der Waals surface area contributed by atoms with Crippen LogP contribution in [0.25, 0.3) is 0 Å². The van der Waals surface area contributed by atoms with Gasteiger partial charge in [-0.15, -0.1) is 12.3 Å². The lowest BCUT2D eigenvalue weighted by Crippen LogP contribution is -2.39. The maximum atomic E-state index is 13.2. The molecule has 0 aromatic heterocycles. The number of terminal acetylenes is 1. The Morgan fingerprint density at radius 1 is 1.14 bits per heavy atom. The van der Waals surface area contributed by atoms with E-state index in [2.05, 4.69) is 10.1 Å². The standard InChI is InChI=1S/C12H12BF4O3S/c1-5-6-10-7(2)11(13(14,15)16)9(4)12(8(10)3)20-21(17,18)19/h1H,6H2,2-4H3/q-1. The largest absolute Gasteiger partial charge is 0.510 e. The van der Waals surface area contributed by atoms with Crippen molar-refractivity contribution in [2.75, 3.05) is 0 Å². The first kappa shape index (κ1) is 17.4. The van der Waals surface area contributed by atoms with Crippen LogP contribution in [-0.4, -0.2) is 15.4 Å². The molecule has 21 heavy (non-hydrogen) atoms. The molecule has 0 spiro atoms. The van der Waals surface area contributed by atoms with Crippen molar-refractivity contribution in [3.63, 3.8) is 0 Å². The van der Waals surface area contributed by atoms with Gasteiger partial charge in [-0.05, 0) is 37.5 Å². The number of hydrogen-bond donors (Lipinski definition) is 0. The Morgan fingerprint density at radius 3 is 2.05 bits per heavy atom. The van der Waals surface area contributed by atoms with Gasteiger partial charge in [0, 0.05) is 6.42 Å². The van der Waals surface area contributed by atoms with Crippen molar-refractivity contribution >= 4 is 22.9 Å². The molecule has 0 bridgehead atoms. The minimum absolute atomic E-state index is 0.0768. The molecule has 0 aliphatic heterocycles. The van der Waals surface area contributed by atoms with Gasteiger partial charge in [0.2, 0.25) is 0 Å². The highest BCUT2D eigenvalue weighted by Crippen LogP contribution is 2.32. The fraction of sp³-hybridized carbons (Fsp3) is 0.333. The summed E-state index contributed by atoms with van der Waals surface area (Å²) in [4.78, 5) is 0. The fourth-order valence-corrected chi connectivity index (χ4v) is 2.80. The summed E-state index contributed by atoms with van der Waals surface area (Å²) in [6.45, 7) is -1.83. The Morgan fingerprint density at radius 2 is 1.67 bits per heavy atom. The van der Waals surface area contributed by atoms with E-state index in [-0.39, 0.29) is 23.1 Å². The highest BCUT2D eigenvalue weighted by Gasteiger charge is 2.33. The van der Waals surface area contributed by atoms with Gasteiger partial charge in [-0.2, -0.15) is 8.42 Å². The van der Waals surface area contributed by atoms with E-state index in [9.17, 15) is 25.3 Å². The van der Waals surface area contributed by atoms with Gasteiger partial charge in [0.05, 0.1) is 0 Å². The van der Waals surface area contributed by atoms with E-state index in [1.807, 2.05) is 0 Å². The van der Waals surface area contributed by atoms with Crippen molar-refractivity contribution < 1.29 is 29.4 Å². The molecule has 116 valence electrons. The van der Waals surface area contributed by atoms with Crippen LogP contribution in [0.4, 0.5) is 16.8 Å². The Hall–Kier alpha value is -1.69. The quantitative estimate of drug-likeness (QED) is 0.370. The van der Waals surface area contributed by atoms with Crippen LogP contribution in [0.1, 0.15) is 22.3 Å². The summed E-state index contributed by atoms with van der Waals surface area (Å²) in [6, 6.07) is 0.